The van der Waals surface area contributed by atoms with Gasteiger partial charge in [0, 0.05) is 12.4 Å². The fourth-order valence-electron chi connectivity index (χ4n) is 1.02. The number of hydrogen-bond acceptors (Lipinski definition) is 5. The van der Waals surface area contributed by atoms with E-state index in [1.165, 1.54) is 12.4 Å². The quantitative estimate of drug-likeness (QED) is 0.340. The second-order valence-corrected chi connectivity index (χ2v) is 2.39. The van der Waals surface area contributed by atoms with Crippen LogP contribution in [0.15, 0.2) is 20.1 Å². The van der Waals surface area contributed by atoms with E-state index in [0.717, 1.165) is 0 Å². The van der Waals surface area contributed by atoms with E-state index >= 15 is 0 Å². The highest BCUT2D eigenvalue weighted by molar-refractivity contribution is 6.29. The largest absolute Gasteiger partial charge is 0.320 e. The summed E-state index contributed by atoms with van der Waals surface area (Å²) in [5.41, 5.74) is 0. The summed E-state index contributed by atoms with van der Waals surface area (Å²) in [4.78, 5) is 22.9. The van der Waals surface area contributed by atoms with E-state index in [4.69, 9.17) is 5.84 Å². The van der Waals surface area contributed by atoms with Gasteiger partial charge in [0.25, 0.3) is 5.91 Å². The molecule has 1 atom stereocenters. The Morgan fingerprint density at radius 1 is 1.54 bits per heavy atom. The minimum atomic E-state index is -0.657. The topological polar surface area (TPSA) is 105 Å². The molecule has 0 aromatic heterocycles. The van der Waals surface area contributed by atoms with Gasteiger partial charge in [-0.1, -0.05) is 0 Å². The number of hydrazone groups is 1. The number of hydrogen-bond donors (Lipinski definition) is 2. The van der Waals surface area contributed by atoms with Crippen molar-refractivity contribution in [3.05, 3.63) is 0 Å². The van der Waals surface area contributed by atoms with Crippen LogP contribution in [0.4, 0.5) is 0 Å². The molecule has 1 unspecified atom stereocenters. The van der Waals surface area contributed by atoms with Gasteiger partial charge < -0.3 is 5.84 Å². The average Bonchev–Trinajstić information content (AvgIpc) is 2.18. The van der Waals surface area contributed by atoms with Crippen LogP contribution in [0, 0.1) is 0 Å². The molecule has 7 heteroatoms. The number of nitrogens with zero attached hydrogens (tertiary/aromatic N) is 4. The van der Waals surface area contributed by atoms with Gasteiger partial charge in [-0.3, -0.25) is 15.1 Å². The summed E-state index contributed by atoms with van der Waals surface area (Å²) in [7, 11) is 0. The molecule has 2 rings (SSSR count). The van der Waals surface area contributed by atoms with E-state index in [0.29, 0.717) is 5.84 Å². The monoisotopic (exact) mass is 178 g/mol. The van der Waals surface area contributed by atoms with Crippen molar-refractivity contribution in [3.8, 4) is 0 Å². The van der Waals surface area contributed by atoms with Gasteiger partial charge in [-0.2, -0.15) is 4.99 Å². The lowest BCUT2D eigenvalue weighted by molar-refractivity contribution is -0.119. The van der Waals surface area contributed by atoms with E-state index < -0.39 is 6.04 Å². The molecule has 1 amide bonds. The first-order valence-electron chi connectivity index (χ1n) is 3.54. The van der Waals surface area contributed by atoms with Crippen LogP contribution in [-0.4, -0.2) is 36.2 Å². The second-order valence-electron chi connectivity index (χ2n) is 2.39. The van der Waals surface area contributed by atoms with Gasteiger partial charge in [-0.05, 0) is 0 Å². The number of amides is 1. The molecule has 2 aliphatic heterocycles. The van der Waals surface area contributed by atoms with E-state index in [2.05, 4.69) is 25.4 Å². The SMILES string of the molecule is N/N=C1/N=C2N=CC=NC2C(=O)N1. The molecule has 0 aromatic carbocycles. The lowest BCUT2D eigenvalue weighted by Crippen LogP contribution is -2.47. The molecule has 0 aliphatic carbocycles. The summed E-state index contributed by atoms with van der Waals surface area (Å²) in [6, 6.07) is -0.657. The summed E-state index contributed by atoms with van der Waals surface area (Å²) >= 11 is 0. The Bertz CT molecular complexity index is 365. The second kappa shape index (κ2) is 2.77. The molecule has 0 saturated carbocycles. The highest BCUT2D eigenvalue weighted by atomic mass is 16.2. The van der Waals surface area contributed by atoms with Gasteiger partial charge in [-0.25, -0.2) is 4.99 Å². The van der Waals surface area contributed by atoms with Crippen molar-refractivity contribution in [1.29, 1.82) is 0 Å². The van der Waals surface area contributed by atoms with Crippen LogP contribution < -0.4 is 11.2 Å². The number of nitrogens with one attached hydrogen (secondary N) is 1. The van der Waals surface area contributed by atoms with Gasteiger partial charge in [0.05, 0.1) is 0 Å². The number of amidine groups is 1. The molecule has 7 nitrogen and oxygen atoms in total. The standard InChI is InChI=1S/C6H6N6O/c7-12-6-10-4-3(5(13)11-6)8-1-2-9-4/h1-3H,7H2,(H,11,12,13). The zero-order valence-corrected chi connectivity index (χ0v) is 6.51. The minimum Gasteiger partial charge on any atom is -0.320 e. The number of aliphatic imine (C=N–C) groups is 3. The predicted octanol–water partition coefficient (Wildman–Crippen LogP) is -1.73. The molecule has 2 aliphatic rings. The van der Waals surface area contributed by atoms with Crippen molar-refractivity contribution < 1.29 is 4.79 Å². The van der Waals surface area contributed by atoms with Crippen molar-refractivity contribution in [1.82, 2.24) is 5.32 Å². The molecular formula is C6H6N6O. The molecule has 0 spiro atoms. The number of carbonyl (C=O) groups excluding carboxylic acids is 1. The zero-order chi connectivity index (χ0) is 9.26. The molecular weight excluding hydrogens is 172 g/mol. The molecule has 13 heavy (non-hydrogen) atoms. The lowest BCUT2D eigenvalue weighted by atomic mass is 10.2. The molecule has 0 saturated heterocycles. The summed E-state index contributed by atoms with van der Waals surface area (Å²) in [5.74, 6) is 5.02. The van der Waals surface area contributed by atoms with E-state index in [9.17, 15) is 4.79 Å². The maximum Gasteiger partial charge on any atom is 0.259 e. The minimum absolute atomic E-state index is 0.0606. The van der Waals surface area contributed by atoms with Gasteiger partial charge in [-0.15, -0.1) is 5.10 Å². The summed E-state index contributed by atoms with van der Waals surface area (Å²) in [6.07, 6.45) is 2.91. The fraction of sp³-hybridized carbons (Fsp3) is 0.167. The third kappa shape index (κ3) is 1.19. The predicted molar refractivity (Wildman–Crippen MR) is 48.0 cm³/mol. The maximum absolute atomic E-state index is 11.3. The first kappa shape index (κ1) is 7.59. The highest BCUT2D eigenvalue weighted by Crippen LogP contribution is 2.05. The maximum atomic E-state index is 11.3. The first-order chi connectivity index (χ1) is 6.31. The zero-order valence-electron chi connectivity index (χ0n) is 6.51. The van der Waals surface area contributed by atoms with Crippen LogP contribution in [-0.2, 0) is 4.79 Å². The van der Waals surface area contributed by atoms with E-state index in [1.54, 1.807) is 0 Å². The molecule has 0 fully saturated rings. The Kier molecular flexibility index (Phi) is 1.62. The van der Waals surface area contributed by atoms with Crippen molar-refractivity contribution in [3.63, 3.8) is 0 Å². The summed E-state index contributed by atoms with van der Waals surface area (Å²) in [6.45, 7) is 0. The average molecular weight is 178 g/mol. The smallest absolute Gasteiger partial charge is 0.259 e. The molecule has 0 radical (unpaired) electrons. The van der Waals surface area contributed by atoms with Crippen LogP contribution in [0.2, 0.25) is 0 Å². The van der Waals surface area contributed by atoms with Gasteiger partial charge in [0.15, 0.2) is 11.9 Å². The van der Waals surface area contributed by atoms with Crippen molar-refractivity contribution >= 4 is 30.1 Å². The molecule has 2 heterocycles. The Hall–Kier alpha value is -2.05. The van der Waals surface area contributed by atoms with Crippen LogP contribution in [0.1, 0.15) is 0 Å². The summed E-state index contributed by atoms with van der Waals surface area (Å²) in [5, 5.41) is 5.64. The lowest BCUT2D eigenvalue weighted by Gasteiger charge is -2.18. The van der Waals surface area contributed by atoms with Crippen molar-refractivity contribution in [2.75, 3.05) is 0 Å². The molecule has 0 bridgehead atoms. The Morgan fingerprint density at radius 3 is 3.15 bits per heavy atom. The Labute approximate surface area is 73.2 Å². The molecule has 66 valence electrons. The number of nitrogens with two attached hydrogens (primary N) is 1. The normalized spacial score (nSPS) is 28.3. The highest BCUT2D eigenvalue weighted by Gasteiger charge is 2.29. The van der Waals surface area contributed by atoms with Crippen LogP contribution in [0.5, 0.6) is 0 Å². The number of rotatable bonds is 0. The van der Waals surface area contributed by atoms with E-state index in [1.807, 2.05) is 0 Å². The Balaban J connectivity index is 2.42. The number of fused-ring (bicyclic) bond motifs is 1. The number of carbonyl (C=O) groups is 1. The Morgan fingerprint density at radius 2 is 2.38 bits per heavy atom. The third-order valence-corrected chi connectivity index (χ3v) is 1.58. The van der Waals surface area contributed by atoms with E-state index in [-0.39, 0.29) is 11.9 Å². The van der Waals surface area contributed by atoms with Crippen LogP contribution in [0.3, 0.4) is 0 Å². The van der Waals surface area contributed by atoms with Crippen molar-refractivity contribution in [2.24, 2.45) is 25.9 Å². The molecule has 3 N–H and O–H groups in total. The number of guanidine groups is 1. The van der Waals surface area contributed by atoms with Crippen LogP contribution >= 0.6 is 0 Å². The first-order valence-corrected chi connectivity index (χ1v) is 3.54. The van der Waals surface area contributed by atoms with Gasteiger partial charge in [0.2, 0.25) is 5.96 Å². The van der Waals surface area contributed by atoms with Gasteiger partial charge >= 0.3 is 0 Å². The fourth-order valence-corrected chi connectivity index (χ4v) is 1.02. The summed E-state index contributed by atoms with van der Waals surface area (Å²) < 4.78 is 0. The van der Waals surface area contributed by atoms with Gasteiger partial charge in [0.1, 0.15) is 0 Å². The third-order valence-electron chi connectivity index (χ3n) is 1.58. The van der Waals surface area contributed by atoms with Crippen molar-refractivity contribution in [2.45, 2.75) is 6.04 Å². The van der Waals surface area contributed by atoms with Crippen LogP contribution in [0.25, 0.3) is 0 Å². The molecule has 0 aromatic rings.